The van der Waals surface area contributed by atoms with Crippen LogP contribution in [0.15, 0.2) is 4.99 Å². The summed E-state index contributed by atoms with van der Waals surface area (Å²) < 4.78 is 37.1. The number of halogens is 3. The van der Waals surface area contributed by atoms with Crippen molar-refractivity contribution >= 4 is 17.8 Å². The van der Waals surface area contributed by atoms with Gasteiger partial charge in [-0.1, -0.05) is 19.3 Å². The molecule has 7 nitrogen and oxygen atoms in total. The SMILES string of the molecule is CN=C(NCC(=O)N(C)CC(F)(F)F)NC1CCN(C(=O)C2CCCCC2)C1. The Morgan fingerprint density at radius 3 is 2.46 bits per heavy atom. The van der Waals surface area contributed by atoms with Crippen LogP contribution in [0.25, 0.3) is 0 Å². The molecule has 2 fully saturated rings. The quantitative estimate of drug-likeness (QED) is 0.535. The maximum atomic E-state index is 12.6. The molecule has 1 saturated heterocycles. The van der Waals surface area contributed by atoms with Gasteiger partial charge >= 0.3 is 6.18 Å². The third kappa shape index (κ3) is 6.87. The van der Waals surface area contributed by atoms with E-state index in [1.807, 2.05) is 4.90 Å². The molecule has 0 bridgehead atoms. The molecule has 2 amide bonds. The number of guanidine groups is 1. The van der Waals surface area contributed by atoms with Gasteiger partial charge in [-0.15, -0.1) is 0 Å². The Kier molecular flexibility index (Phi) is 7.94. The first-order valence-electron chi connectivity index (χ1n) is 9.76. The number of hydrogen-bond acceptors (Lipinski definition) is 3. The fraction of sp³-hybridized carbons (Fsp3) is 0.833. The number of hydrogen-bond donors (Lipinski definition) is 2. The normalized spacial score (nSPS) is 21.5. The predicted octanol–water partition coefficient (Wildman–Crippen LogP) is 1.35. The Labute approximate surface area is 163 Å². The number of likely N-dealkylation sites (tertiary alicyclic amines) is 1. The number of nitrogens with zero attached hydrogens (tertiary/aromatic N) is 3. The van der Waals surface area contributed by atoms with Crippen molar-refractivity contribution in [2.75, 3.05) is 40.3 Å². The number of aliphatic imine (C=N–C) groups is 1. The van der Waals surface area contributed by atoms with Gasteiger partial charge in [0, 0.05) is 39.1 Å². The van der Waals surface area contributed by atoms with Gasteiger partial charge in [0.25, 0.3) is 0 Å². The van der Waals surface area contributed by atoms with Crippen LogP contribution in [-0.4, -0.2) is 80.1 Å². The monoisotopic (exact) mass is 405 g/mol. The highest BCUT2D eigenvalue weighted by Crippen LogP contribution is 2.26. The summed E-state index contributed by atoms with van der Waals surface area (Å²) in [6.45, 7) is -0.334. The van der Waals surface area contributed by atoms with Gasteiger partial charge in [0.2, 0.25) is 11.8 Å². The lowest BCUT2D eigenvalue weighted by Crippen LogP contribution is -2.49. The van der Waals surface area contributed by atoms with E-state index < -0.39 is 18.6 Å². The summed E-state index contributed by atoms with van der Waals surface area (Å²) >= 11 is 0. The molecule has 2 rings (SSSR count). The van der Waals surface area contributed by atoms with E-state index in [-0.39, 0.29) is 24.4 Å². The Morgan fingerprint density at radius 1 is 1.18 bits per heavy atom. The molecule has 0 aromatic rings. The summed E-state index contributed by atoms with van der Waals surface area (Å²) in [6, 6.07) is 0.00162. The van der Waals surface area contributed by atoms with E-state index in [1.165, 1.54) is 13.5 Å². The van der Waals surface area contributed by atoms with Crippen LogP contribution in [0, 0.1) is 5.92 Å². The second-order valence-electron chi connectivity index (χ2n) is 7.54. The van der Waals surface area contributed by atoms with Gasteiger partial charge in [0.15, 0.2) is 5.96 Å². The third-order valence-corrected chi connectivity index (χ3v) is 5.27. The summed E-state index contributed by atoms with van der Waals surface area (Å²) in [7, 11) is 2.64. The lowest BCUT2D eigenvalue weighted by molar-refractivity contribution is -0.157. The van der Waals surface area contributed by atoms with Crippen molar-refractivity contribution in [3.05, 3.63) is 0 Å². The van der Waals surface area contributed by atoms with Crippen molar-refractivity contribution in [2.24, 2.45) is 10.9 Å². The Hall–Kier alpha value is -2.00. The van der Waals surface area contributed by atoms with Crippen molar-refractivity contribution in [3.8, 4) is 0 Å². The van der Waals surface area contributed by atoms with Crippen LogP contribution in [0.2, 0.25) is 0 Å². The van der Waals surface area contributed by atoms with Crippen LogP contribution in [-0.2, 0) is 9.59 Å². The first kappa shape index (κ1) is 22.3. The van der Waals surface area contributed by atoms with Gasteiger partial charge in [-0.25, -0.2) is 0 Å². The largest absolute Gasteiger partial charge is 0.406 e. The molecule has 1 atom stereocenters. The minimum atomic E-state index is -4.43. The molecule has 0 aromatic carbocycles. The van der Waals surface area contributed by atoms with E-state index in [2.05, 4.69) is 15.6 Å². The van der Waals surface area contributed by atoms with Gasteiger partial charge < -0.3 is 20.4 Å². The fourth-order valence-electron chi connectivity index (χ4n) is 3.73. The van der Waals surface area contributed by atoms with E-state index >= 15 is 0 Å². The lowest BCUT2D eigenvalue weighted by atomic mass is 9.88. The topological polar surface area (TPSA) is 77.0 Å². The van der Waals surface area contributed by atoms with E-state index in [4.69, 9.17) is 0 Å². The van der Waals surface area contributed by atoms with E-state index in [9.17, 15) is 22.8 Å². The van der Waals surface area contributed by atoms with Crippen LogP contribution in [0.5, 0.6) is 0 Å². The molecule has 1 saturated carbocycles. The van der Waals surface area contributed by atoms with Crippen LogP contribution in [0.4, 0.5) is 13.2 Å². The van der Waals surface area contributed by atoms with Crippen molar-refractivity contribution in [1.29, 1.82) is 0 Å². The van der Waals surface area contributed by atoms with E-state index in [0.29, 0.717) is 23.9 Å². The smallest absolute Gasteiger partial charge is 0.352 e. The summed E-state index contributed by atoms with van der Waals surface area (Å²) in [6.07, 6.45) is 1.68. The highest BCUT2D eigenvalue weighted by atomic mass is 19.4. The molecule has 28 heavy (non-hydrogen) atoms. The van der Waals surface area contributed by atoms with Crippen molar-refractivity contribution in [2.45, 2.75) is 50.7 Å². The molecule has 0 radical (unpaired) electrons. The highest BCUT2D eigenvalue weighted by molar-refractivity contribution is 5.86. The average molecular weight is 405 g/mol. The van der Waals surface area contributed by atoms with Crippen molar-refractivity contribution in [3.63, 3.8) is 0 Å². The second kappa shape index (κ2) is 9.97. The second-order valence-corrected chi connectivity index (χ2v) is 7.54. The number of carbonyl (C=O) groups is 2. The summed E-state index contributed by atoms with van der Waals surface area (Å²) in [5, 5.41) is 5.90. The van der Waals surface area contributed by atoms with Crippen molar-refractivity contribution in [1.82, 2.24) is 20.4 Å². The summed E-state index contributed by atoms with van der Waals surface area (Å²) in [5.74, 6) is 0.00847. The van der Waals surface area contributed by atoms with Gasteiger partial charge in [-0.2, -0.15) is 13.2 Å². The minimum Gasteiger partial charge on any atom is -0.352 e. The zero-order valence-electron chi connectivity index (χ0n) is 16.5. The number of nitrogens with one attached hydrogen (secondary N) is 2. The van der Waals surface area contributed by atoms with Gasteiger partial charge in [0.1, 0.15) is 6.54 Å². The molecule has 0 aromatic heterocycles. The Morgan fingerprint density at radius 2 is 1.86 bits per heavy atom. The summed E-state index contributed by atoms with van der Waals surface area (Å²) in [5.41, 5.74) is 0. The molecule has 1 heterocycles. The first-order chi connectivity index (χ1) is 13.2. The number of rotatable bonds is 5. The van der Waals surface area contributed by atoms with Gasteiger partial charge in [-0.05, 0) is 19.3 Å². The number of alkyl halides is 3. The maximum Gasteiger partial charge on any atom is 0.406 e. The van der Waals surface area contributed by atoms with Crippen molar-refractivity contribution < 1.29 is 22.8 Å². The van der Waals surface area contributed by atoms with Gasteiger partial charge in [-0.3, -0.25) is 14.6 Å². The highest BCUT2D eigenvalue weighted by Gasteiger charge is 2.33. The van der Waals surface area contributed by atoms with Gasteiger partial charge in [0.05, 0.1) is 6.54 Å². The number of likely N-dealkylation sites (N-methyl/N-ethyl adjacent to an activating group) is 1. The summed E-state index contributed by atoms with van der Waals surface area (Å²) in [4.78, 5) is 31.0. The molecule has 10 heteroatoms. The number of carbonyl (C=O) groups excluding carboxylic acids is 2. The third-order valence-electron chi connectivity index (χ3n) is 5.27. The molecule has 2 aliphatic rings. The molecule has 2 N–H and O–H groups in total. The van der Waals surface area contributed by atoms with E-state index in [1.54, 1.807) is 0 Å². The molecule has 1 aliphatic carbocycles. The zero-order valence-corrected chi connectivity index (χ0v) is 16.5. The molecule has 1 unspecified atom stereocenters. The molecule has 0 spiro atoms. The minimum absolute atomic E-state index is 0.00162. The average Bonchev–Trinajstić information content (AvgIpc) is 3.12. The first-order valence-corrected chi connectivity index (χ1v) is 9.76. The Balaban J connectivity index is 1.76. The lowest BCUT2D eigenvalue weighted by Gasteiger charge is -2.26. The molecular formula is C18H30F3N5O2. The fourth-order valence-corrected chi connectivity index (χ4v) is 3.73. The van der Waals surface area contributed by atoms with Crippen LogP contribution in [0.1, 0.15) is 38.5 Å². The predicted molar refractivity (Wildman–Crippen MR) is 99.7 cm³/mol. The number of amides is 2. The maximum absolute atomic E-state index is 12.6. The van der Waals surface area contributed by atoms with E-state index in [0.717, 1.165) is 39.2 Å². The van der Waals surface area contributed by atoms with Crippen LogP contribution in [0.3, 0.4) is 0 Å². The molecular weight excluding hydrogens is 375 g/mol. The molecule has 1 aliphatic heterocycles. The van der Waals surface area contributed by atoms with Crippen LogP contribution < -0.4 is 10.6 Å². The standard InChI is InChI=1S/C18H30F3N5O2/c1-22-17(23-10-15(27)25(2)12-18(19,20)21)24-14-8-9-26(11-14)16(28)13-6-4-3-5-7-13/h13-14H,3-12H2,1-2H3,(H2,22,23,24). The Bertz CT molecular complexity index is 576. The zero-order chi connectivity index (χ0) is 20.7. The van der Waals surface area contributed by atoms with Crippen LogP contribution >= 0.6 is 0 Å². The molecule has 160 valence electrons.